The quantitative estimate of drug-likeness (QED) is 0.906. The van der Waals surface area contributed by atoms with Crippen LogP contribution in [0.5, 0.6) is 0 Å². The van der Waals surface area contributed by atoms with Crippen LogP contribution >= 0.6 is 11.8 Å². The van der Waals surface area contributed by atoms with E-state index in [1.807, 2.05) is 6.07 Å². The normalized spacial score (nSPS) is 17.9. The van der Waals surface area contributed by atoms with E-state index in [9.17, 15) is 4.39 Å². The Morgan fingerprint density at radius 3 is 2.63 bits per heavy atom. The van der Waals surface area contributed by atoms with Gasteiger partial charge in [0.15, 0.2) is 5.17 Å². The largest absolute Gasteiger partial charge is 0.361 e. The molecule has 0 radical (unpaired) electrons. The fourth-order valence-electron chi connectivity index (χ4n) is 2.15. The van der Waals surface area contributed by atoms with Gasteiger partial charge in [-0.1, -0.05) is 43.8 Å². The van der Waals surface area contributed by atoms with E-state index >= 15 is 0 Å². The summed E-state index contributed by atoms with van der Waals surface area (Å²) < 4.78 is 13.5. The Morgan fingerprint density at radius 1 is 1.32 bits per heavy atom. The zero-order valence-corrected chi connectivity index (χ0v) is 12.4. The standard InChI is InChI=1S/C15H21FN2S/c1-3-15(4-2)10-18-14(19-11-15)17-9-12-7-5-6-8-13(12)16/h5-8H,3-4,9-11H2,1-2H3,(H,17,18). The Balaban J connectivity index is 1.92. The first-order valence-corrected chi connectivity index (χ1v) is 7.82. The molecule has 0 saturated heterocycles. The smallest absolute Gasteiger partial charge is 0.156 e. The first-order chi connectivity index (χ1) is 9.19. The molecule has 2 rings (SSSR count). The van der Waals surface area contributed by atoms with Gasteiger partial charge in [0.25, 0.3) is 0 Å². The molecule has 1 aliphatic rings. The molecule has 1 aromatic rings. The Hall–Kier alpha value is -1.03. The van der Waals surface area contributed by atoms with E-state index in [1.54, 1.807) is 23.9 Å². The summed E-state index contributed by atoms with van der Waals surface area (Å²) in [6.45, 7) is 5.85. The van der Waals surface area contributed by atoms with Gasteiger partial charge in [-0.15, -0.1) is 0 Å². The van der Waals surface area contributed by atoms with Gasteiger partial charge in [0.1, 0.15) is 5.82 Å². The van der Waals surface area contributed by atoms with E-state index in [-0.39, 0.29) is 5.82 Å². The summed E-state index contributed by atoms with van der Waals surface area (Å²) in [6, 6.07) is 6.86. The number of benzene rings is 1. The van der Waals surface area contributed by atoms with Crippen molar-refractivity contribution in [3.05, 3.63) is 35.6 Å². The number of halogens is 1. The van der Waals surface area contributed by atoms with E-state index in [0.717, 1.165) is 17.5 Å². The Kier molecular flexibility index (Phi) is 4.86. The van der Waals surface area contributed by atoms with Crippen molar-refractivity contribution in [3.8, 4) is 0 Å². The number of hydrogen-bond acceptors (Lipinski definition) is 3. The molecule has 104 valence electrons. The van der Waals surface area contributed by atoms with Crippen molar-refractivity contribution >= 4 is 16.9 Å². The van der Waals surface area contributed by atoms with Crippen molar-refractivity contribution in [2.45, 2.75) is 33.2 Å². The highest BCUT2D eigenvalue weighted by Gasteiger charge is 2.29. The van der Waals surface area contributed by atoms with Gasteiger partial charge in [-0.3, -0.25) is 4.99 Å². The van der Waals surface area contributed by atoms with Crippen molar-refractivity contribution in [1.29, 1.82) is 0 Å². The molecule has 1 N–H and O–H groups in total. The van der Waals surface area contributed by atoms with E-state index in [1.165, 1.54) is 18.9 Å². The van der Waals surface area contributed by atoms with Crippen molar-refractivity contribution in [1.82, 2.24) is 5.32 Å². The maximum absolute atomic E-state index is 13.5. The third kappa shape index (κ3) is 3.50. The van der Waals surface area contributed by atoms with Gasteiger partial charge in [-0.2, -0.15) is 0 Å². The summed E-state index contributed by atoms with van der Waals surface area (Å²) in [7, 11) is 0. The highest BCUT2D eigenvalue weighted by Crippen LogP contribution is 2.34. The maximum atomic E-state index is 13.5. The number of hydrogen-bond donors (Lipinski definition) is 1. The van der Waals surface area contributed by atoms with Gasteiger partial charge in [0, 0.05) is 24.4 Å². The fourth-order valence-corrected chi connectivity index (χ4v) is 3.42. The summed E-state index contributed by atoms with van der Waals surface area (Å²) in [6.07, 6.45) is 2.33. The molecule has 0 atom stereocenters. The molecule has 0 spiro atoms. The summed E-state index contributed by atoms with van der Waals surface area (Å²) in [5.74, 6) is 0.941. The lowest BCUT2D eigenvalue weighted by molar-refractivity contribution is 0.318. The SMILES string of the molecule is CCC1(CC)CN=C(NCc2ccccc2F)SC1. The van der Waals surface area contributed by atoms with Crippen LogP contribution in [0.25, 0.3) is 0 Å². The van der Waals surface area contributed by atoms with Crippen molar-refractivity contribution < 1.29 is 4.39 Å². The van der Waals surface area contributed by atoms with E-state index < -0.39 is 0 Å². The number of nitrogens with one attached hydrogen (secondary N) is 1. The van der Waals surface area contributed by atoms with Crippen molar-refractivity contribution in [3.63, 3.8) is 0 Å². The first kappa shape index (κ1) is 14.4. The molecule has 19 heavy (non-hydrogen) atoms. The predicted molar refractivity (Wildman–Crippen MR) is 81.0 cm³/mol. The molecule has 1 heterocycles. The van der Waals surface area contributed by atoms with Gasteiger partial charge in [-0.05, 0) is 24.3 Å². The molecule has 0 bridgehead atoms. The molecule has 1 aliphatic heterocycles. The summed E-state index contributed by atoms with van der Waals surface area (Å²) in [5, 5.41) is 4.18. The van der Waals surface area contributed by atoms with Crippen LogP contribution < -0.4 is 5.32 Å². The number of nitrogens with zero attached hydrogens (tertiary/aromatic N) is 1. The predicted octanol–water partition coefficient (Wildman–Crippen LogP) is 3.82. The van der Waals surface area contributed by atoms with Crippen LogP contribution in [0.15, 0.2) is 29.3 Å². The summed E-state index contributed by atoms with van der Waals surface area (Å²) >= 11 is 1.76. The zero-order valence-electron chi connectivity index (χ0n) is 11.6. The van der Waals surface area contributed by atoms with E-state index in [0.29, 0.717) is 17.5 Å². The highest BCUT2D eigenvalue weighted by atomic mass is 32.2. The average Bonchev–Trinajstić information content (AvgIpc) is 2.47. The Bertz CT molecular complexity index is 455. The lowest BCUT2D eigenvalue weighted by Crippen LogP contribution is -2.34. The van der Waals surface area contributed by atoms with Gasteiger partial charge in [0.05, 0.1) is 0 Å². The average molecular weight is 280 g/mol. The van der Waals surface area contributed by atoms with Gasteiger partial charge < -0.3 is 5.32 Å². The molecule has 0 fully saturated rings. The molecule has 0 unspecified atom stereocenters. The van der Waals surface area contributed by atoms with Crippen LogP contribution in [0.2, 0.25) is 0 Å². The zero-order chi connectivity index (χ0) is 13.7. The third-order valence-electron chi connectivity index (χ3n) is 3.96. The second-order valence-corrected chi connectivity index (χ2v) is 6.03. The van der Waals surface area contributed by atoms with E-state index in [2.05, 4.69) is 24.2 Å². The molecule has 1 aromatic carbocycles. The summed E-state index contributed by atoms with van der Waals surface area (Å²) in [4.78, 5) is 4.62. The second kappa shape index (κ2) is 6.42. The maximum Gasteiger partial charge on any atom is 0.156 e. The minimum atomic E-state index is -0.159. The lowest BCUT2D eigenvalue weighted by Gasteiger charge is -2.33. The number of thioether (sulfide) groups is 1. The molecule has 4 heteroatoms. The fraction of sp³-hybridized carbons (Fsp3) is 0.533. The minimum Gasteiger partial charge on any atom is -0.361 e. The molecular formula is C15H21FN2S. The Labute approximate surface area is 118 Å². The molecule has 0 aliphatic carbocycles. The lowest BCUT2D eigenvalue weighted by atomic mass is 9.84. The van der Waals surface area contributed by atoms with Crippen molar-refractivity contribution in [2.24, 2.45) is 10.4 Å². The topological polar surface area (TPSA) is 24.4 Å². The van der Waals surface area contributed by atoms with Gasteiger partial charge in [0.2, 0.25) is 0 Å². The molecule has 0 aromatic heterocycles. The van der Waals surface area contributed by atoms with Crippen LogP contribution in [0.4, 0.5) is 4.39 Å². The first-order valence-electron chi connectivity index (χ1n) is 6.83. The van der Waals surface area contributed by atoms with Crippen LogP contribution in [0.1, 0.15) is 32.3 Å². The van der Waals surface area contributed by atoms with Crippen LogP contribution in [0.3, 0.4) is 0 Å². The number of amidine groups is 1. The van der Waals surface area contributed by atoms with Crippen LogP contribution in [-0.2, 0) is 6.54 Å². The minimum absolute atomic E-state index is 0.159. The van der Waals surface area contributed by atoms with Gasteiger partial charge in [-0.25, -0.2) is 4.39 Å². The molecule has 2 nitrogen and oxygen atoms in total. The second-order valence-electron chi connectivity index (χ2n) is 5.06. The summed E-state index contributed by atoms with van der Waals surface area (Å²) in [5.41, 5.74) is 1.04. The molecule has 0 saturated carbocycles. The van der Waals surface area contributed by atoms with Crippen LogP contribution in [0, 0.1) is 11.2 Å². The molecular weight excluding hydrogens is 259 g/mol. The molecule has 0 amide bonds. The third-order valence-corrected chi connectivity index (χ3v) is 5.26. The highest BCUT2D eigenvalue weighted by molar-refractivity contribution is 8.13. The van der Waals surface area contributed by atoms with Crippen LogP contribution in [-0.4, -0.2) is 17.5 Å². The monoisotopic (exact) mass is 280 g/mol. The van der Waals surface area contributed by atoms with Crippen molar-refractivity contribution in [2.75, 3.05) is 12.3 Å². The van der Waals surface area contributed by atoms with Gasteiger partial charge >= 0.3 is 0 Å². The Morgan fingerprint density at radius 2 is 2.05 bits per heavy atom. The van der Waals surface area contributed by atoms with E-state index in [4.69, 9.17) is 0 Å². The number of aliphatic imine (C=N–C) groups is 1. The number of rotatable bonds is 4.